The second-order valence-corrected chi connectivity index (χ2v) is 6.40. The van der Waals surface area contributed by atoms with E-state index in [4.69, 9.17) is 14.2 Å². The molecule has 3 N–H and O–H groups in total. The van der Waals surface area contributed by atoms with Crippen molar-refractivity contribution in [2.75, 3.05) is 13.7 Å². The zero-order valence-corrected chi connectivity index (χ0v) is 14.9. The molecule has 0 bridgehead atoms. The standard InChI is InChI=1S/C20H23FO6/c1-25-14-8-6-12(7-9-14)10-13-4-2-3-5-15(13)26-20-19(24)18(23)17(21)16(11-22)27-20/h2-9,16-20,22-24H,10-11H2,1H3. The number of halogens is 1. The normalized spacial score (nSPS) is 28.0. The predicted molar refractivity (Wildman–Crippen MR) is 95.5 cm³/mol. The van der Waals surface area contributed by atoms with E-state index in [0.29, 0.717) is 12.2 Å². The smallest absolute Gasteiger partial charge is 0.229 e. The molecule has 0 aromatic heterocycles. The van der Waals surface area contributed by atoms with Crippen molar-refractivity contribution in [3.63, 3.8) is 0 Å². The summed E-state index contributed by atoms with van der Waals surface area (Å²) in [5.74, 6) is 1.20. The Bertz CT molecular complexity index is 736. The van der Waals surface area contributed by atoms with E-state index in [0.717, 1.165) is 16.9 Å². The molecule has 2 aromatic carbocycles. The van der Waals surface area contributed by atoms with Crippen LogP contribution in [0.4, 0.5) is 4.39 Å². The van der Waals surface area contributed by atoms with Crippen molar-refractivity contribution >= 4 is 0 Å². The number of aliphatic hydroxyl groups is 3. The van der Waals surface area contributed by atoms with Crippen LogP contribution in [0.15, 0.2) is 48.5 Å². The molecule has 27 heavy (non-hydrogen) atoms. The van der Waals surface area contributed by atoms with Gasteiger partial charge in [-0.1, -0.05) is 30.3 Å². The fourth-order valence-corrected chi connectivity index (χ4v) is 2.99. The second kappa shape index (κ2) is 8.67. The summed E-state index contributed by atoms with van der Waals surface area (Å²) in [5.41, 5.74) is 1.85. The SMILES string of the molecule is COc1ccc(Cc2ccccc2OC2OC(CO)C(F)C(O)C2O)cc1. The molecule has 0 amide bonds. The minimum Gasteiger partial charge on any atom is -0.497 e. The molecule has 1 fully saturated rings. The molecular weight excluding hydrogens is 355 g/mol. The summed E-state index contributed by atoms with van der Waals surface area (Å²) in [7, 11) is 1.60. The van der Waals surface area contributed by atoms with Gasteiger partial charge >= 0.3 is 0 Å². The number of aliphatic hydroxyl groups excluding tert-OH is 3. The van der Waals surface area contributed by atoms with Gasteiger partial charge in [-0.05, 0) is 29.3 Å². The Morgan fingerprint density at radius 1 is 1.04 bits per heavy atom. The molecule has 1 saturated heterocycles. The maximum absolute atomic E-state index is 13.9. The monoisotopic (exact) mass is 378 g/mol. The van der Waals surface area contributed by atoms with E-state index in [9.17, 15) is 19.7 Å². The highest BCUT2D eigenvalue weighted by molar-refractivity contribution is 5.39. The van der Waals surface area contributed by atoms with Crippen molar-refractivity contribution in [1.29, 1.82) is 0 Å². The number of hydrogen-bond donors (Lipinski definition) is 3. The van der Waals surface area contributed by atoms with Gasteiger partial charge in [0.05, 0.1) is 13.7 Å². The van der Waals surface area contributed by atoms with E-state index in [-0.39, 0.29) is 0 Å². The number of hydrogen-bond acceptors (Lipinski definition) is 6. The van der Waals surface area contributed by atoms with Gasteiger partial charge in [0.25, 0.3) is 0 Å². The Morgan fingerprint density at radius 3 is 2.41 bits per heavy atom. The molecule has 6 nitrogen and oxygen atoms in total. The molecule has 1 aliphatic heterocycles. The first-order valence-electron chi connectivity index (χ1n) is 8.67. The van der Waals surface area contributed by atoms with Crippen LogP contribution in [0.5, 0.6) is 11.5 Å². The largest absolute Gasteiger partial charge is 0.497 e. The van der Waals surface area contributed by atoms with Gasteiger partial charge in [-0.3, -0.25) is 0 Å². The van der Waals surface area contributed by atoms with E-state index in [2.05, 4.69) is 0 Å². The second-order valence-electron chi connectivity index (χ2n) is 6.40. The van der Waals surface area contributed by atoms with Gasteiger partial charge in [-0.15, -0.1) is 0 Å². The fraction of sp³-hybridized carbons (Fsp3) is 0.400. The van der Waals surface area contributed by atoms with Gasteiger partial charge in [-0.25, -0.2) is 4.39 Å². The van der Waals surface area contributed by atoms with E-state index in [1.807, 2.05) is 36.4 Å². The third-order valence-electron chi connectivity index (χ3n) is 4.57. The third-order valence-corrected chi connectivity index (χ3v) is 4.57. The molecule has 146 valence electrons. The van der Waals surface area contributed by atoms with Gasteiger partial charge in [0, 0.05) is 6.42 Å². The van der Waals surface area contributed by atoms with Crippen LogP contribution in [0, 0.1) is 0 Å². The maximum atomic E-state index is 13.9. The first-order chi connectivity index (χ1) is 13.0. The van der Waals surface area contributed by atoms with E-state index in [1.165, 1.54) is 0 Å². The summed E-state index contributed by atoms with van der Waals surface area (Å²) >= 11 is 0. The molecule has 5 atom stereocenters. The maximum Gasteiger partial charge on any atom is 0.229 e. The first-order valence-corrected chi connectivity index (χ1v) is 8.67. The van der Waals surface area contributed by atoms with E-state index >= 15 is 0 Å². The van der Waals surface area contributed by atoms with Crippen molar-refractivity contribution < 1.29 is 33.9 Å². The number of methoxy groups -OCH3 is 1. The Balaban J connectivity index is 1.77. The Labute approximate surface area is 156 Å². The Hall–Kier alpha value is -2.19. The Kier molecular flexibility index (Phi) is 6.28. The van der Waals surface area contributed by atoms with Gasteiger partial charge in [0.2, 0.25) is 6.29 Å². The molecule has 7 heteroatoms. The van der Waals surface area contributed by atoms with Gasteiger partial charge in [0.1, 0.15) is 29.8 Å². The van der Waals surface area contributed by atoms with Crippen molar-refractivity contribution in [2.24, 2.45) is 0 Å². The number of ether oxygens (including phenoxy) is 3. The van der Waals surface area contributed by atoms with E-state index < -0.39 is 37.4 Å². The van der Waals surface area contributed by atoms with Crippen LogP contribution in [-0.2, 0) is 11.2 Å². The topological polar surface area (TPSA) is 88.4 Å². The van der Waals surface area contributed by atoms with E-state index in [1.54, 1.807) is 19.2 Å². The summed E-state index contributed by atoms with van der Waals surface area (Å²) in [4.78, 5) is 0. The van der Waals surface area contributed by atoms with Crippen LogP contribution >= 0.6 is 0 Å². The molecule has 1 heterocycles. The molecule has 3 rings (SSSR count). The molecule has 2 aromatic rings. The van der Waals surface area contributed by atoms with Crippen molar-refractivity contribution in [3.05, 3.63) is 59.7 Å². The summed E-state index contributed by atoms with van der Waals surface area (Å²) in [6.45, 7) is -0.627. The summed E-state index contributed by atoms with van der Waals surface area (Å²) in [5, 5.41) is 29.1. The zero-order valence-electron chi connectivity index (χ0n) is 14.9. The highest BCUT2D eigenvalue weighted by Gasteiger charge is 2.46. The van der Waals surface area contributed by atoms with Crippen molar-refractivity contribution in [3.8, 4) is 11.5 Å². The number of benzene rings is 2. The summed E-state index contributed by atoms with van der Waals surface area (Å²) in [6, 6.07) is 14.8. The van der Waals surface area contributed by atoms with Crippen LogP contribution in [0.25, 0.3) is 0 Å². The quantitative estimate of drug-likeness (QED) is 0.705. The fourth-order valence-electron chi connectivity index (χ4n) is 2.99. The molecular formula is C20H23FO6. The third kappa shape index (κ3) is 4.39. The lowest BCUT2D eigenvalue weighted by Gasteiger charge is -2.38. The lowest BCUT2D eigenvalue weighted by atomic mass is 10.0. The molecule has 5 unspecified atom stereocenters. The summed E-state index contributed by atoms with van der Waals surface area (Å²) < 4.78 is 30.1. The molecule has 0 spiro atoms. The minimum atomic E-state index is -1.89. The minimum absolute atomic E-state index is 0.443. The molecule has 0 radical (unpaired) electrons. The van der Waals surface area contributed by atoms with Gasteiger partial charge < -0.3 is 29.5 Å². The van der Waals surface area contributed by atoms with Crippen LogP contribution in [0.1, 0.15) is 11.1 Å². The zero-order chi connectivity index (χ0) is 19.4. The van der Waals surface area contributed by atoms with Crippen LogP contribution in [-0.4, -0.2) is 59.8 Å². The molecule has 0 saturated carbocycles. The summed E-state index contributed by atoms with van der Waals surface area (Å²) in [6.07, 6.45) is -7.16. The highest BCUT2D eigenvalue weighted by Crippen LogP contribution is 2.29. The average molecular weight is 378 g/mol. The molecule has 0 aliphatic carbocycles. The predicted octanol–water partition coefficient (Wildman–Crippen LogP) is 1.44. The lowest BCUT2D eigenvalue weighted by molar-refractivity contribution is -0.265. The van der Waals surface area contributed by atoms with Gasteiger partial charge in [-0.2, -0.15) is 0 Å². The van der Waals surface area contributed by atoms with Crippen molar-refractivity contribution in [2.45, 2.75) is 37.2 Å². The number of para-hydroxylation sites is 1. The van der Waals surface area contributed by atoms with Crippen LogP contribution < -0.4 is 9.47 Å². The van der Waals surface area contributed by atoms with Crippen LogP contribution in [0.3, 0.4) is 0 Å². The van der Waals surface area contributed by atoms with Crippen molar-refractivity contribution in [1.82, 2.24) is 0 Å². The average Bonchev–Trinajstić information content (AvgIpc) is 2.70. The highest BCUT2D eigenvalue weighted by atomic mass is 19.1. The number of rotatable bonds is 6. The van der Waals surface area contributed by atoms with Crippen LogP contribution in [0.2, 0.25) is 0 Å². The Morgan fingerprint density at radius 2 is 1.74 bits per heavy atom. The van der Waals surface area contributed by atoms with Gasteiger partial charge in [0.15, 0.2) is 6.17 Å². The lowest BCUT2D eigenvalue weighted by Crippen LogP contribution is -2.58. The molecule has 1 aliphatic rings. The number of alkyl halides is 1. The first kappa shape index (κ1) is 19.6.